The molecule has 0 radical (unpaired) electrons. The Morgan fingerprint density at radius 3 is 2.82 bits per heavy atom. The van der Waals surface area contributed by atoms with Gasteiger partial charge in [0.15, 0.2) is 11.5 Å². The normalized spacial score (nSPS) is 18.8. The van der Waals surface area contributed by atoms with E-state index in [2.05, 4.69) is 40.7 Å². The van der Waals surface area contributed by atoms with Crippen LogP contribution in [0.3, 0.4) is 0 Å². The molecule has 1 aromatic heterocycles. The minimum absolute atomic E-state index is 0.437. The number of hydrogen-bond acceptors (Lipinski definition) is 6. The fourth-order valence-corrected chi connectivity index (χ4v) is 4.87. The van der Waals surface area contributed by atoms with Crippen molar-refractivity contribution >= 4 is 11.3 Å². The Balaban J connectivity index is 1.42. The highest BCUT2D eigenvalue weighted by Crippen LogP contribution is 2.40. The van der Waals surface area contributed by atoms with Crippen molar-refractivity contribution in [2.75, 3.05) is 40.0 Å². The highest BCUT2D eigenvalue weighted by molar-refractivity contribution is 7.10. The van der Waals surface area contributed by atoms with Crippen LogP contribution in [0.15, 0.2) is 29.6 Å². The summed E-state index contributed by atoms with van der Waals surface area (Å²) in [4.78, 5) is 4.09. The highest BCUT2D eigenvalue weighted by atomic mass is 32.1. The second-order valence-corrected chi connectivity index (χ2v) is 8.68. The third-order valence-electron chi connectivity index (χ3n) is 5.69. The maximum Gasteiger partial charge on any atom is 0.203 e. The van der Waals surface area contributed by atoms with Crippen LogP contribution in [0.25, 0.3) is 0 Å². The molecular weight excluding hydrogens is 372 g/mol. The predicted molar refractivity (Wildman–Crippen MR) is 113 cm³/mol. The van der Waals surface area contributed by atoms with Gasteiger partial charge in [-0.1, -0.05) is 13.0 Å². The summed E-state index contributed by atoms with van der Waals surface area (Å²) >= 11 is 1.86. The zero-order valence-corrected chi connectivity index (χ0v) is 17.6. The van der Waals surface area contributed by atoms with Crippen molar-refractivity contribution in [3.05, 3.63) is 40.1 Å². The lowest BCUT2D eigenvalue weighted by atomic mass is 9.97. The molecule has 0 bridgehead atoms. The molecule has 6 heteroatoms. The molecule has 0 unspecified atom stereocenters. The van der Waals surface area contributed by atoms with E-state index in [0.717, 1.165) is 41.8 Å². The van der Waals surface area contributed by atoms with E-state index in [0.29, 0.717) is 19.3 Å². The summed E-state index contributed by atoms with van der Waals surface area (Å²) in [5.74, 6) is 3.09. The van der Waals surface area contributed by atoms with Gasteiger partial charge in [-0.25, -0.2) is 0 Å². The van der Waals surface area contributed by atoms with Gasteiger partial charge in [0.05, 0.1) is 13.2 Å². The van der Waals surface area contributed by atoms with E-state index in [1.807, 2.05) is 17.4 Å². The quantitative estimate of drug-likeness (QED) is 0.756. The average molecular weight is 403 g/mol. The Morgan fingerprint density at radius 1 is 1.25 bits per heavy atom. The largest absolute Gasteiger partial charge is 0.493 e. The third-order valence-corrected chi connectivity index (χ3v) is 6.66. The van der Waals surface area contributed by atoms with E-state index in [1.165, 1.54) is 30.8 Å². The summed E-state index contributed by atoms with van der Waals surface area (Å²) in [6.45, 7) is 7.60. The van der Waals surface area contributed by atoms with Gasteiger partial charge in [0.1, 0.15) is 13.2 Å². The molecule has 0 saturated carbocycles. The fourth-order valence-electron chi connectivity index (χ4n) is 4.01. The fraction of sp³-hybridized carbons (Fsp3) is 0.545. The summed E-state index contributed by atoms with van der Waals surface area (Å²) in [7, 11) is 1.68. The number of benzene rings is 1. The van der Waals surface area contributed by atoms with E-state index >= 15 is 0 Å². The highest BCUT2D eigenvalue weighted by Gasteiger charge is 2.25. The minimum atomic E-state index is 0.437. The van der Waals surface area contributed by atoms with Crippen LogP contribution in [0.5, 0.6) is 17.2 Å². The summed E-state index contributed by atoms with van der Waals surface area (Å²) in [5, 5.41) is 5.85. The summed E-state index contributed by atoms with van der Waals surface area (Å²) in [5.41, 5.74) is 1.15. The van der Waals surface area contributed by atoms with Gasteiger partial charge in [0.25, 0.3) is 0 Å². The van der Waals surface area contributed by atoms with Crippen LogP contribution >= 0.6 is 11.3 Å². The molecule has 0 aliphatic carbocycles. The zero-order chi connectivity index (χ0) is 19.3. The Hall–Kier alpha value is -1.76. The van der Waals surface area contributed by atoms with Gasteiger partial charge in [-0.05, 0) is 61.0 Å². The first-order valence-corrected chi connectivity index (χ1v) is 11.1. The number of rotatable bonds is 7. The van der Waals surface area contributed by atoms with Gasteiger partial charge in [-0.2, -0.15) is 0 Å². The molecule has 5 nitrogen and oxygen atoms in total. The van der Waals surface area contributed by atoms with Gasteiger partial charge in [0, 0.05) is 18.0 Å². The molecule has 2 aliphatic rings. The topological polar surface area (TPSA) is 43.0 Å². The van der Waals surface area contributed by atoms with E-state index in [1.54, 1.807) is 7.11 Å². The summed E-state index contributed by atoms with van der Waals surface area (Å²) in [6.07, 6.45) is 2.59. The van der Waals surface area contributed by atoms with Crippen LogP contribution in [0.2, 0.25) is 0 Å². The molecule has 1 atom stereocenters. The number of nitrogens with one attached hydrogen (secondary N) is 1. The van der Waals surface area contributed by atoms with E-state index in [4.69, 9.17) is 14.2 Å². The number of hydrogen-bond donors (Lipinski definition) is 1. The second kappa shape index (κ2) is 9.16. The van der Waals surface area contributed by atoms with Crippen molar-refractivity contribution < 1.29 is 14.2 Å². The van der Waals surface area contributed by atoms with Crippen LogP contribution in [0, 0.1) is 5.92 Å². The van der Waals surface area contributed by atoms with E-state index in [9.17, 15) is 0 Å². The number of fused-ring (bicyclic) bond motifs is 1. The van der Waals surface area contributed by atoms with Gasteiger partial charge < -0.3 is 19.5 Å². The van der Waals surface area contributed by atoms with Crippen LogP contribution in [0.1, 0.15) is 36.2 Å². The van der Waals surface area contributed by atoms with Crippen LogP contribution in [-0.2, 0) is 6.54 Å². The molecule has 1 saturated heterocycles. The molecule has 0 amide bonds. The van der Waals surface area contributed by atoms with Crippen molar-refractivity contribution in [2.45, 2.75) is 32.4 Å². The van der Waals surface area contributed by atoms with Gasteiger partial charge in [-0.15, -0.1) is 11.3 Å². The van der Waals surface area contributed by atoms with Crippen molar-refractivity contribution in [2.24, 2.45) is 5.92 Å². The first-order valence-electron chi connectivity index (χ1n) is 10.2. The molecule has 1 fully saturated rings. The predicted octanol–water partition coefficient (Wildman–Crippen LogP) is 4.09. The van der Waals surface area contributed by atoms with Crippen molar-refractivity contribution in [1.82, 2.24) is 10.2 Å². The molecule has 2 aliphatic heterocycles. The standard InChI is InChI=1S/C22H30N2O3S/c1-16-5-7-24(8-6-16)18(21-4-3-11-28-21)15-23-14-17-12-19(25-2)22-20(13-17)26-9-10-27-22/h3-4,11-13,16,18,23H,5-10,14-15H2,1-2H3/t18-/m0/s1. The van der Waals surface area contributed by atoms with Crippen molar-refractivity contribution in [3.8, 4) is 17.2 Å². The third kappa shape index (κ3) is 4.45. The average Bonchev–Trinajstić information content (AvgIpc) is 3.26. The van der Waals surface area contributed by atoms with E-state index in [-0.39, 0.29) is 0 Å². The first-order chi connectivity index (χ1) is 13.7. The lowest BCUT2D eigenvalue weighted by Crippen LogP contribution is -2.40. The molecule has 3 heterocycles. The van der Waals surface area contributed by atoms with Gasteiger partial charge >= 0.3 is 0 Å². The Bertz CT molecular complexity index is 740. The van der Waals surface area contributed by atoms with Crippen molar-refractivity contribution in [1.29, 1.82) is 0 Å². The SMILES string of the molecule is COc1cc(CNC[C@@H](c2cccs2)N2CCC(C)CC2)cc2c1OCCO2. The number of ether oxygens (including phenoxy) is 3. The van der Waals surface area contributed by atoms with Crippen LogP contribution in [-0.4, -0.2) is 44.9 Å². The first kappa shape index (κ1) is 19.6. The number of nitrogens with zero attached hydrogens (tertiary/aromatic N) is 1. The molecule has 2 aromatic rings. The Morgan fingerprint density at radius 2 is 2.07 bits per heavy atom. The maximum absolute atomic E-state index is 5.76. The number of piperidine rings is 1. The molecular formula is C22H30N2O3S. The molecule has 4 rings (SSSR count). The second-order valence-electron chi connectivity index (χ2n) is 7.70. The maximum atomic E-state index is 5.76. The minimum Gasteiger partial charge on any atom is -0.493 e. The van der Waals surface area contributed by atoms with Gasteiger partial charge in [-0.3, -0.25) is 4.90 Å². The summed E-state index contributed by atoms with van der Waals surface area (Å²) < 4.78 is 17.0. The van der Waals surface area contributed by atoms with E-state index < -0.39 is 0 Å². The molecule has 0 spiro atoms. The number of likely N-dealkylation sites (tertiary alicyclic amines) is 1. The molecule has 152 valence electrons. The zero-order valence-electron chi connectivity index (χ0n) is 16.8. The van der Waals surface area contributed by atoms with Gasteiger partial charge in [0.2, 0.25) is 5.75 Å². The number of thiophene rings is 1. The molecule has 1 N–H and O–H groups in total. The lowest BCUT2D eigenvalue weighted by Gasteiger charge is -2.36. The molecule has 1 aromatic carbocycles. The van der Waals surface area contributed by atoms with Crippen LogP contribution < -0.4 is 19.5 Å². The Labute approximate surface area is 171 Å². The lowest BCUT2D eigenvalue weighted by molar-refractivity contribution is 0.137. The summed E-state index contributed by atoms with van der Waals surface area (Å²) in [6, 6.07) is 8.97. The van der Waals surface area contributed by atoms with Crippen LogP contribution in [0.4, 0.5) is 0 Å². The van der Waals surface area contributed by atoms with Crippen molar-refractivity contribution in [3.63, 3.8) is 0 Å². The smallest absolute Gasteiger partial charge is 0.203 e. The monoisotopic (exact) mass is 402 g/mol. The molecule has 28 heavy (non-hydrogen) atoms. The Kier molecular flexibility index (Phi) is 6.40. The number of methoxy groups -OCH3 is 1.